The van der Waals surface area contributed by atoms with Crippen molar-refractivity contribution < 1.29 is 4.79 Å². The fraction of sp³-hybridized carbons (Fsp3) is 0.650. The summed E-state index contributed by atoms with van der Waals surface area (Å²) in [7, 11) is 1.90. The van der Waals surface area contributed by atoms with Gasteiger partial charge in [0.1, 0.15) is 5.82 Å². The quantitative estimate of drug-likeness (QED) is 0.557. The first-order valence-electron chi connectivity index (χ1n) is 10.1. The number of rotatable bonds is 8. The minimum absolute atomic E-state index is 0.115. The summed E-state index contributed by atoms with van der Waals surface area (Å²) in [5.74, 6) is 1.90. The Morgan fingerprint density at radius 3 is 2.48 bits per heavy atom. The predicted octanol–water partition coefficient (Wildman–Crippen LogP) is 1.95. The molecule has 0 atom stereocenters. The molecule has 1 saturated heterocycles. The zero-order chi connectivity index (χ0) is 19.6. The number of carbonyl (C=O) groups excluding carboxylic acids is 1. The lowest BCUT2D eigenvalue weighted by atomic mass is 10.3. The Labute approximate surface area is 163 Å². The Kier molecular flexibility index (Phi) is 8.36. The van der Waals surface area contributed by atoms with Crippen molar-refractivity contribution in [1.29, 1.82) is 0 Å². The van der Waals surface area contributed by atoms with Crippen molar-refractivity contribution in [3.63, 3.8) is 0 Å². The smallest absolute Gasteiger partial charge is 0.242 e. The Balaban J connectivity index is 1.98. The van der Waals surface area contributed by atoms with E-state index in [1.165, 1.54) is 12.8 Å². The third kappa shape index (κ3) is 6.12. The van der Waals surface area contributed by atoms with E-state index in [0.29, 0.717) is 13.1 Å². The van der Waals surface area contributed by atoms with Crippen molar-refractivity contribution in [2.45, 2.75) is 40.2 Å². The third-order valence-electron chi connectivity index (χ3n) is 4.84. The standard InChI is InChI=1S/C20H34N6O/c1-5-21-20(24(4)16-19(27)25(6-2)7-3)23-15-17-10-11-18(22-14-17)26-12-8-9-13-26/h10-11,14H,5-9,12-13,15-16H2,1-4H3,(H,21,23). The molecule has 0 saturated carbocycles. The molecule has 1 aliphatic rings. The van der Waals surface area contributed by atoms with Gasteiger partial charge in [0.15, 0.2) is 5.96 Å². The fourth-order valence-electron chi connectivity index (χ4n) is 3.23. The molecule has 2 heterocycles. The summed E-state index contributed by atoms with van der Waals surface area (Å²) in [4.78, 5) is 27.7. The van der Waals surface area contributed by atoms with Crippen molar-refractivity contribution in [2.75, 3.05) is 51.2 Å². The Morgan fingerprint density at radius 1 is 1.22 bits per heavy atom. The first-order valence-corrected chi connectivity index (χ1v) is 10.1. The van der Waals surface area contributed by atoms with Gasteiger partial charge in [-0.15, -0.1) is 0 Å². The van der Waals surface area contributed by atoms with Crippen molar-refractivity contribution in [3.8, 4) is 0 Å². The molecule has 1 aromatic rings. The van der Waals surface area contributed by atoms with E-state index in [-0.39, 0.29) is 5.91 Å². The van der Waals surface area contributed by atoms with Gasteiger partial charge in [0.2, 0.25) is 5.91 Å². The number of anilines is 1. The maximum atomic E-state index is 12.3. The summed E-state index contributed by atoms with van der Waals surface area (Å²) in [6.45, 7) is 11.3. The molecule has 1 amide bonds. The molecule has 0 unspecified atom stereocenters. The molecular weight excluding hydrogens is 340 g/mol. The highest BCUT2D eigenvalue weighted by Crippen LogP contribution is 2.17. The number of nitrogens with one attached hydrogen (secondary N) is 1. The van der Waals surface area contributed by atoms with E-state index in [2.05, 4.69) is 32.3 Å². The average Bonchev–Trinajstić information content (AvgIpc) is 3.21. The molecule has 0 aromatic carbocycles. The summed E-state index contributed by atoms with van der Waals surface area (Å²) in [6.07, 6.45) is 4.40. The Morgan fingerprint density at radius 2 is 1.93 bits per heavy atom. The number of amides is 1. The molecule has 7 heteroatoms. The van der Waals surface area contributed by atoms with E-state index < -0.39 is 0 Å². The van der Waals surface area contributed by atoms with Crippen LogP contribution in [0.25, 0.3) is 0 Å². The molecule has 0 aliphatic carbocycles. The highest BCUT2D eigenvalue weighted by Gasteiger charge is 2.15. The van der Waals surface area contributed by atoms with Crippen LogP contribution >= 0.6 is 0 Å². The Hall–Kier alpha value is -2.31. The predicted molar refractivity (Wildman–Crippen MR) is 111 cm³/mol. The minimum atomic E-state index is 0.115. The molecule has 27 heavy (non-hydrogen) atoms. The van der Waals surface area contributed by atoms with E-state index in [9.17, 15) is 4.79 Å². The van der Waals surface area contributed by atoms with Crippen molar-refractivity contribution >= 4 is 17.7 Å². The second kappa shape index (κ2) is 10.7. The maximum absolute atomic E-state index is 12.3. The molecular formula is C20H34N6O. The van der Waals surface area contributed by atoms with Gasteiger partial charge in [-0.1, -0.05) is 6.07 Å². The minimum Gasteiger partial charge on any atom is -0.357 e. The summed E-state index contributed by atoms with van der Waals surface area (Å²) in [6, 6.07) is 4.17. The monoisotopic (exact) mass is 374 g/mol. The molecule has 2 rings (SSSR count). The van der Waals surface area contributed by atoms with E-state index in [1.54, 1.807) is 0 Å². The molecule has 0 radical (unpaired) electrons. The second-order valence-corrected chi connectivity index (χ2v) is 6.81. The lowest BCUT2D eigenvalue weighted by molar-refractivity contribution is -0.131. The van der Waals surface area contributed by atoms with Gasteiger partial charge < -0.3 is 20.0 Å². The van der Waals surface area contributed by atoms with Crippen molar-refractivity contribution in [3.05, 3.63) is 23.9 Å². The van der Waals surface area contributed by atoms with Crippen molar-refractivity contribution in [2.24, 2.45) is 4.99 Å². The topological polar surface area (TPSA) is 64.1 Å². The molecule has 1 fully saturated rings. The van der Waals surface area contributed by atoms with Crippen LogP contribution in [-0.2, 0) is 11.3 Å². The van der Waals surface area contributed by atoms with Gasteiger partial charge in [0, 0.05) is 46.0 Å². The van der Waals surface area contributed by atoms with Crippen molar-refractivity contribution in [1.82, 2.24) is 20.1 Å². The largest absolute Gasteiger partial charge is 0.357 e. The van der Waals surface area contributed by atoms with Gasteiger partial charge in [-0.2, -0.15) is 0 Å². The number of guanidine groups is 1. The highest BCUT2D eigenvalue weighted by molar-refractivity contribution is 5.86. The lowest BCUT2D eigenvalue weighted by Gasteiger charge is -2.25. The molecule has 0 bridgehead atoms. The normalized spacial score (nSPS) is 14.4. The Bertz CT molecular complexity index is 605. The van der Waals surface area contributed by atoms with Crippen LogP contribution in [0.3, 0.4) is 0 Å². The lowest BCUT2D eigenvalue weighted by Crippen LogP contribution is -2.45. The fourth-order valence-corrected chi connectivity index (χ4v) is 3.23. The van der Waals surface area contributed by atoms with Crippen LogP contribution in [0, 0.1) is 0 Å². The summed E-state index contributed by atoms with van der Waals surface area (Å²) < 4.78 is 0. The first-order chi connectivity index (χ1) is 13.1. The van der Waals surface area contributed by atoms with Crippen LogP contribution in [0.15, 0.2) is 23.3 Å². The first kappa shape index (κ1) is 21.0. The van der Waals surface area contributed by atoms with Crippen LogP contribution in [0.5, 0.6) is 0 Å². The zero-order valence-corrected chi connectivity index (χ0v) is 17.2. The number of aromatic nitrogens is 1. The van der Waals surface area contributed by atoms with Gasteiger partial charge >= 0.3 is 0 Å². The van der Waals surface area contributed by atoms with E-state index >= 15 is 0 Å². The molecule has 7 nitrogen and oxygen atoms in total. The number of hydrogen-bond donors (Lipinski definition) is 1. The van der Waals surface area contributed by atoms with Crippen LogP contribution in [0.4, 0.5) is 5.82 Å². The molecule has 150 valence electrons. The molecule has 0 spiro atoms. The molecule has 1 aliphatic heterocycles. The van der Waals surface area contributed by atoms with Crippen LogP contribution < -0.4 is 10.2 Å². The second-order valence-electron chi connectivity index (χ2n) is 6.81. The summed E-state index contributed by atoms with van der Waals surface area (Å²) >= 11 is 0. The maximum Gasteiger partial charge on any atom is 0.242 e. The number of nitrogens with zero attached hydrogens (tertiary/aromatic N) is 5. The highest BCUT2D eigenvalue weighted by atomic mass is 16.2. The van der Waals surface area contributed by atoms with E-state index in [4.69, 9.17) is 0 Å². The van der Waals surface area contributed by atoms with Gasteiger partial charge in [0.25, 0.3) is 0 Å². The third-order valence-corrected chi connectivity index (χ3v) is 4.84. The van der Waals surface area contributed by atoms with Gasteiger partial charge in [-0.3, -0.25) is 4.79 Å². The zero-order valence-electron chi connectivity index (χ0n) is 17.2. The van der Waals surface area contributed by atoms with Crippen LogP contribution in [0.2, 0.25) is 0 Å². The van der Waals surface area contributed by atoms with E-state index in [1.807, 2.05) is 43.8 Å². The van der Waals surface area contributed by atoms with E-state index in [0.717, 1.165) is 50.1 Å². The molecule has 1 N–H and O–H groups in total. The van der Waals surface area contributed by atoms with Gasteiger partial charge in [-0.25, -0.2) is 9.98 Å². The average molecular weight is 375 g/mol. The molecule has 1 aromatic heterocycles. The summed E-state index contributed by atoms with van der Waals surface area (Å²) in [5, 5.41) is 3.27. The number of likely N-dealkylation sites (N-methyl/N-ethyl adjacent to an activating group) is 2. The van der Waals surface area contributed by atoms with Crippen LogP contribution in [-0.4, -0.2) is 73.0 Å². The van der Waals surface area contributed by atoms with Gasteiger partial charge in [0.05, 0.1) is 13.1 Å². The SMILES string of the molecule is CCNC(=NCc1ccc(N2CCCC2)nc1)N(C)CC(=O)N(CC)CC. The summed E-state index contributed by atoms with van der Waals surface area (Å²) in [5.41, 5.74) is 1.07. The number of pyridine rings is 1. The van der Waals surface area contributed by atoms with Crippen LogP contribution in [0.1, 0.15) is 39.2 Å². The van der Waals surface area contributed by atoms with Gasteiger partial charge in [-0.05, 0) is 45.2 Å². The number of carbonyl (C=O) groups is 1. The number of hydrogen-bond acceptors (Lipinski definition) is 4. The number of aliphatic imine (C=N–C) groups is 1.